The topological polar surface area (TPSA) is 150 Å². The highest BCUT2D eigenvalue weighted by atomic mass is 32.2. The SMILES string of the molecule is CN1CCCC1C(=O)N1CCC(c2ncnc3c2c2ccc(S(=O)(=O)NC4(C#N)CC4)cc2n3-c2nnc(C(F)F)s2)CC1. The van der Waals surface area contributed by atoms with Gasteiger partial charge < -0.3 is 4.90 Å². The Morgan fingerprint density at radius 2 is 1.93 bits per heavy atom. The highest BCUT2D eigenvalue weighted by Gasteiger charge is 2.47. The molecule has 12 nitrogen and oxygen atoms in total. The standard InChI is InChI=1S/C28H29F2N9O3S2/c1-37-10-2-3-19(37)26(40)38-11-6-16(7-12-38)22-21-18-5-4-17(44(41,42)36-28(14-31)8-9-28)13-20(18)39(24(21)33-15-32-22)27-35-34-25(43-27)23(29)30/h4-5,13,15-16,19,23,36H,2-3,6-12H2,1H3. The maximum atomic E-state index is 13.5. The molecule has 0 bridgehead atoms. The van der Waals surface area contributed by atoms with E-state index in [-0.39, 0.29) is 27.9 Å². The molecule has 1 atom stereocenters. The third-order valence-electron chi connectivity index (χ3n) is 8.96. The van der Waals surface area contributed by atoms with Crippen LogP contribution in [0.1, 0.15) is 61.6 Å². The van der Waals surface area contributed by atoms with E-state index in [0.29, 0.717) is 72.0 Å². The lowest BCUT2D eigenvalue weighted by Crippen LogP contribution is -2.47. The van der Waals surface area contributed by atoms with Crippen LogP contribution in [-0.4, -0.2) is 87.1 Å². The molecule has 1 N–H and O–H groups in total. The number of fused-ring (bicyclic) bond motifs is 3. The summed E-state index contributed by atoms with van der Waals surface area (Å²) >= 11 is 0.697. The van der Waals surface area contributed by atoms with Gasteiger partial charge in [-0.15, -0.1) is 10.2 Å². The van der Waals surface area contributed by atoms with Crippen molar-refractivity contribution in [1.29, 1.82) is 5.26 Å². The second kappa shape index (κ2) is 10.8. The lowest BCUT2D eigenvalue weighted by molar-refractivity contribution is -0.136. The van der Waals surface area contributed by atoms with E-state index in [1.165, 1.54) is 18.5 Å². The number of amides is 1. The number of hydrogen-bond acceptors (Lipinski definition) is 10. The van der Waals surface area contributed by atoms with Crippen molar-refractivity contribution in [3.05, 3.63) is 35.2 Å². The number of likely N-dealkylation sites (N-methyl/N-ethyl adjacent to an activating group) is 1. The number of nitrogens with one attached hydrogen (secondary N) is 1. The quantitative estimate of drug-likeness (QED) is 0.320. The van der Waals surface area contributed by atoms with Crippen molar-refractivity contribution in [2.45, 2.75) is 67.3 Å². The van der Waals surface area contributed by atoms with Gasteiger partial charge in [0.1, 0.15) is 11.9 Å². The van der Waals surface area contributed by atoms with Crippen LogP contribution < -0.4 is 4.72 Å². The maximum absolute atomic E-state index is 13.5. The van der Waals surface area contributed by atoms with Gasteiger partial charge in [-0.3, -0.25) is 14.3 Å². The molecule has 2 saturated heterocycles. The first-order valence-electron chi connectivity index (χ1n) is 14.5. The van der Waals surface area contributed by atoms with E-state index in [1.807, 2.05) is 18.0 Å². The lowest BCUT2D eigenvalue weighted by Gasteiger charge is -2.34. The van der Waals surface area contributed by atoms with Crippen LogP contribution in [0.5, 0.6) is 0 Å². The van der Waals surface area contributed by atoms with Crippen LogP contribution in [-0.2, 0) is 14.8 Å². The first-order valence-corrected chi connectivity index (χ1v) is 16.8. The number of carbonyl (C=O) groups excluding carboxylic acids is 1. The van der Waals surface area contributed by atoms with E-state index in [2.05, 4.69) is 29.8 Å². The number of benzene rings is 1. The zero-order valence-corrected chi connectivity index (χ0v) is 25.4. The minimum absolute atomic E-state index is 0.00798. The highest BCUT2D eigenvalue weighted by Crippen LogP contribution is 2.41. The number of hydrogen-bond donors (Lipinski definition) is 1. The molecule has 1 aromatic carbocycles. The van der Waals surface area contributed by atoms with Crippen LogP contribution in [0.25, 0.3) is 27.1 Å². The van der Waals surface area contributed by atoms with Gasteiger partial charge >= 0.3 is 0 Å². The summed E-state index contributed by atoms with van der Waals surface area (Å²) in [6.45, 7) is 2.09. The molecule has 1 saturated carbocycles. The number of carbonyl (C=O) groups is 1. The van der Waals surface area contributed by atoms with Gasteiger partial charge in [0.2, 0.25) is 21.1 Å². The zero-order chi connectivity index (χ0) is 30.8. The molecule has 0 radical (unpaired) electrons. The van der Waals surface area contributed by atoms with Gasteiger partial charge in [0.15, 0.2) is 10.7 Å². The second-order valence-electron chi connectivity index (χ2n) is 11.7. The number of nitrogens with zero attached hydrogens (tertiary/aromatic N) is 8. The predicted octanol–water partition coefficient (Wildman–Crippen LogP) is 3.50. The number of alkyl halides is 2. The van der Waals surface area contributed by atoms with E-state index in [4.69, 9.17) is 0 Å². The average Bonchev–Trinajstić information content (AvgIpc) is 3.33. The van der Waals surface area contributed by atoms with Crippen molar-refractivity contribution in [2.75, 3.05) is 26.7 Å². The van der Waals surface area contributed by atoms with Crippen LogP contribution in [0.3, 0.4) is 0 Å². The fraction of sp³-hybridized carbons (Fsp3) is 0.500. The van der Waals surface area contributed by atoms with E-state index in [9.17, 15) is 27.3 Å². The van der Waals surface area contributed by atoms with Crippen LogP contribution in [0.15, 0.2) is 29.4 Å². The van der Waals surface area contributed by atoms with Crippen LogP contribution in [0.2, 0.25) is 0 Å². The molecule has 5 heterocycles. The predicted molar refractivity (Wildman–Crippen MR) is 157 cm³/mol. The lowest BCUT2D eigenvalue weighted by atomic mass is 9.90. The van der Waals surface area contributed by atoms with E-state index >= 15 is 0 Å². The largest absolute Gasteiger partial charge is 0.341 e. The summed E-state index contributed by atoms with van der Waals surface area (Å²) in [4.78, 5) is 26.3. The van der Waals surface area contributed by atoms with Crippen LogP contribution in [0, 0.1) is 11.3 Å². The molecule has 7 rings (SSSR count). The molecule has 3 fully saturated rings. The van der Waals surface area contributed by atoms with E-state index < -0.39 is 27.0 Å². The first kappa shape index (κ1) is 29.1. The third-order valence-corrected chi connectivity index (χ3v) is 11.4. The van der Waals surface area contributed by atoms with Crippen molar-refractivity contribution in [3.63, 3.8) is 0 Å². The molecule has 1 aliphatic carbocycles. The summed E-state index contributed by atoms with van der Waals surface area (Å²) in [5, 5.41) is 18.0. The molecule has 4 aromatic rings. The Morgan fingerprint density at radius 1 is 1.16 bits per heavy atom. The molecule has 3 aliphatic rings. The maximum Gasteiger partial charge on any atom is 0.291 e. The second-order valence-corrected chi connectivity index (χ2v) is 14.4. The summed E-state index contributed by atoms with van der Waals surface area (Å²) in [6, 6.07) is 6.51. The Kier molecular flexibility index (Phi) is 7.11. The summed E-state index contributed by atoms with van der Waals surface area (Å²) < 4.78 is 57.7. The Hall–Kier alpha value is -3.65. The van der Waals surface area contributed by atoms with Crippen LogP contribution >= 0.6 is 11.3 Å². The van der Waals surface area contributed by atoms with Crippen LogP contribution in [0.4, 0.5) is 8.78 Å². The molecular weight excluding hydrogens is 612 g/mol. The van der Waals surface area contributed by atoms with Crippen molar-refractivity contribution in [3.8, 4) is 11.2 Å². The molecule has 3 aromatic heterocycles. The summed E-state index contributed by atoms with van der Waals surface area (Å²) in [7, 11) is -2.09. The molecule has 1 amide bonds. The molecule has 230 valence electrons. The molecule has 16 heteroatoms. The summed E-state index contributed by atoms with van der Waals surface area (Å²) in [5.41, 5.74) is 0.414. The van der Waals surface area contributed by atoms with Crippen molar-refractivity contribution >= 4 is 49.2 Å². The van der Waals surface area contributed by atoms with Crippen molar-refractivity contribution in [2.24, 2.45) is 0 Å². The van der Waals surface area contributed by atoms with E-state index in [0.717, 1.165) is 25.1 Å². The summed E-state index contributed by atoms with van der Waals surface area (Å²) in [6.07, 6.45) is 2.68. The number of aromatic nitrogens is 5. The number of piperidine rings is 1. The molecule has 0 spiro atoms. The first-order chi connectivity index (χ1) is 21.1. The van der Waals surface area contributed by atoms with Crippen molar-refractivity contribution in [1.82, 2.24) is 39.3 Å². The number of nitriles is 1. The van der Waals surface area contributed by atoms with Gasteiger partial charge in [0, 0.05) is 29.8 Å². The van der Waals surface area contributed by atoms with Gasteiger partial charge in [0.05, 0.1) is 28.2 Å². The molecule has 2 aliphatic heterocycles. The fourth-order valence-electron chi connectivity index (χ4n) is 6.40. The monoisotopic (exact) mass is 641 g/mol. The number of sulfonamides is 1. The minimum Gasteiger partial charge on any atom is -0.341 e. The van der Waals surface area contributed by atoms with Gasteiger partial charge in [-0.1, -0.05) is 17.4 Å². The minimum atomic E-state index is -4.08. The third kappa shape index (κ3) is 4.91. The summed E-state index contributed by atoms with van der Waals surface area (Å²) in [5.74, 6) is 0.150. The zero-order valence-electron chi connectivity index (χ0n) is 23.8. The van der Waals surface area contributed by atoms with Gasteiger partial charge in [-0.25, -0.2) is 27.2 Å². The van der Waals surface area contributed by atoms with E-state index in [1.54, 1.807) is 10.6 Å². The fourth-order valence-corrected chi connectivity index (χ4v) is 8.51. The normalized spacial score (nSPS) is 21.0. The van der Waals surface area contributed by atoms with Gasteiger partial charge in [-0.05, 0) is 64.3 Å². The Bertz CT molecular complexity index is 1930. The smallest absolute Gasteiger partial charge is 0.291 e. The Labute approximate surface area is 255 Å². The molecule has 1 unspecified atom stereocenters. The Morgan fingerprint density at radius 3 is 2.57 bits per heavy atom. The van der Waals surface area contributed by atoms with Gasteiger partial charge in [-0.2, -0.15) is 9.98 Å². The number of likely N-dealkylation sites (tertiary alicyclic amines) is 2. The highest BCUT2D eigenvalue weighted by molar-refractivity contribution is 7.89. The van der Waals surface area contributed by atoms with Crippen molar-refractivity contribution < 1.29 is 22.0 Å². The average molecular weight is 642 g/mol. The van der Waals surface area contributed by atoms with Gasteiger partial charge in [0.25, 0.3) is 6.43 Å². The number of halogens is 2. The molecule has 44 heavy (non-hydrogen) atoms. The molecular formula is C28H29F2N9O3S2. The number of rotatable bonds is 7. The Balaban J connectivity index is 1.30.